The van der Waals surface area contributed by atoms with E-state index in [1.165, 1.54) is 17.3 Å². The molecule has 0 spiro atoms. The topological polar surface area (TPSA) is 105 Å². The van der Waals surface area contributed by atoms with Crippen LogP contribution in [0.5, 0.6) is 0 Å². The van der Waals surface area contributed by atoms with Gasteiger partial charge in [0.15, 0.2) is 0 Å². The van der Waals surface area contributed by atoms with E-state index in [-0.39, 0.29) is 28.8 Å². The lowest BCUT2D eigenvalue weighted by atomic mass is 10.1. The highest BCUT2D eigenvalue weighted by Gasteiger charge is 2.28. The first-order valence-electron chi connectivity index (χ1n) is 8.59. The molecule has 26 heavy (non-hydrogen) atoms. The molecule has 144 valence electrons. The number of nitrogens with one attached hydrogen (secondary N) is 2. The van der Waals surface area contributed by atoms with Gasteiger partial charge in [0.25, 0.3) is 5.91 Å². The third-order valence-electron chi connectivity index (χ3n) is 4.08. The summed E-state index contributed by atoms with van der Waals surface area (Å²) in [6.45, 7) is 5.19. The summed E-state index contributed by atoms with van der Waals surface area (Å²) in [6, 6.07) is 4.72. The molecule has 0 radical (unpaired) electrons. The van der Waals surface area contributed by atoms with Crippen LogP contribution in [0.1, 0.15) is 29.8 Å². The number of ether oxygens (including phenoxy) is 1. The maximum atomic E-state index is 13.0. The first kappa shape index (κ1) is 20.3. The molecule has 1 aliphatic heterocycles. The predicted octanol–water partition coefficient (Wildman–Crippen LogP) is 0.136. The Labute approximate surface area is 153 Å². The number of rotatable bonds is 7. The standard InChI is InChI=1S/C17H25N3O5S/c1-3-14-4-5-15(17(22)19-7-6-18-13(2)21)12-16(14)26(23,24)20-8-10-25-11-9-20/h4-5,12H,3,6-11H2,1-2H3,(H,18,21)(H,19,22). The molecule has 0 atom stereocenters. The second kappa shape index (κ2) is 9.11. The highest BCUT2D eigenvalue weighted by atomic mass is 32.2. The monoisotopic (exact) mass is 383 g/mol. The van der Waals surface area contributed by atoms with Gasteiger partial charge in [0.05, 0.1) is 18.1 Å². The molecule has 0 bridgehead atoms. The Kier molecular flexibility index (Phi) is 7.13. The minimum atomic E-state index is -3.68. The van der Waals surface area contributed by atoms with Crippen LogP contribution in [0, 0.1) is 0 Å². The molecule has 1 heterocycles. The molecule has 8 nitrogen and oxygen atoms in total. The number of amides is 2. The third kappa shape index (κ3) is 5.03. The molecule has 2 N–H and O–H groups in total. The van der Waals surface area contributed by atoms with Gasteiger partial charge in [-0.15, -0.1) is 0 Å². The Morgan fingerprint density at radius 3 is 2.42 bits per heavy atom. The van der Waals surface area contributed by atoms with Gasteiger partial charge in [-0.2, -0.15) is 4.31 Å². The smallest absolute Gasteiger partial charge is 0.251 e. The second-order valence-electron chi connectivity index (χ2n) is 5.93. The van der Waals surface area contributed by atoms with Crippen molar-refractivity contribution in [3.05, 3.63) is 29.3 Å². The number of carbonyl (C=O) groups is 2. The van der Waals surface area contributed by atoms with Gasteiger partial charge in [-0.3, -0.25) is 9.59 Å². The molecule has 9 heteroatoms. The van der Waals surface area contributed by atoms with E-state index >= 15 is 0 Å². The van der Waals surface area contributed by atoms with Crippen molar-refractivity contribution in [1.29, 1.82) is 0 Å². The fourth-order valence-corrected chi connectivity index (χ4v) is 4.40. The zero-order valence-electron chi connectivity index (χ0n) is 15.1. The van der Waals surface area contributed by atoms with Crippen LogP contribution in [0.3, 0.4) is 0 Å². The first-order chi connectivity index (χ1) is 12.4. The molecule has 1 saturated heterocycles. The lowest BCUT2D eigenvalue weighted by Crippen LogP contribution is -2.41. The summed E-state index contributed by atoms with van der Waals surface area (Å²) in [7, 11) is -3.68. The van der Waals surface area contributed by atoms with Gasteiger partial charge in [0.1, 0.15) is 0 Å². The van der Waals surface area contributed by atoms with E-state index in [4.69, 9.17) is 4.74 Å². The van der Waals surface area contributed by atoms with E-state index < -0.39 is 10.0 Å². The SMILES string of the molecule is CCc1ccc(C(=O)NCCNC(C)=O)cc1S(=O)(=O)N1CCOCC1. The van der Waals surface area contributed by atoms with Crippen molar-refractivity contribution in [1.82, 2.24) is 14.9 Å². The molecule has 0 aromatic heterocycles. The Balaban J connectivity index is 2.19. The van der Waals surface area contributed by atoms with Crippen molar-refractivity contribution in [3.8, 4) is 0 Å². The predicted molar refractivity (Wildman–Crippen MR) is 96.4 cm³/mol. The van der Waals surface area contributed by atoms with Crippen molar-refractivity contribution in [2.24, 2.45) is 0 Å². The average molecular weight is 383 g/mol. The number of nitrogens with zero attached hydrogens (tertiary/aromatic N) is 1. The largest absolute Gasteiger partial charge is 0.379 e. The summed E-state index contributed by atoms with van der Waals surface area (Å²) in [6.07, 6.45) is 0.545. The van der Waals surface area contributed by atoms with Crippen molar-refractivity contribution in [3.63, 3.8) is 0 Å². The summed E-state index contributed by atoms with van der Waals surface area (Å²) in [5, 5.41) is 5.25. The number of carbonyl (C=O) groups excluding carboxylic acids is 2. The van der Waals surface area contributed by atoms with E-state index in [0.29, 0.717) is 44.8 Å². The number of benzene rings is 1. The van der Waals surface area contributed by atoms with E-state index in [9.17, 15) is 18.0 Å². The normalized spacial score (nSPS) is 15.5. The third-order valence-corrected chi connectivity index (χ3v) is 6.06. The number of sulfonamides is 1. The maximum Gasteiger partial charge on any atom is 0.251 e. The van der Waals surface area contributed by atoms with E-state index in [0.717, 1.165) is 0 Å². The highest BCUT2D eigenvalue weighted by molar-refractivity contribution is 7.89. The molecule has 0 unspecified atom stereocenters. The molecule has 0 aliphatic carbocycles. The van der Waals surface area contributed by atoms with Crippen LogP contribution in [-0.2, 0) is 26.0 Å². The summed E-state index contributed by atoms with van der Waals surface area (Å²) >= 11 is 0. The zero-order valence-corrected chi connectivity index (χ0v) is 15.9. The zero-order chi connectivity index (χ0) is 19.2. The van der Waals surface area contributed by atoms with Crippen LogP contribution >= 0.6 is 0 Å². The van der Waals surface area contributed by atoms with Crippen LogP contribution < -0.4 is 10.6 Å². The van der Waals surface area contributed by atoms with Crippen molar-refractivity contribution >= 4 is 21.8 Å². The molecule has 1 aromatic carbocycles. The van der Waals surface area contributed by atoms with Crippen LogP contribution in [0.25, 0.3) is 0 Å². The molecule has 1 aromatic rings. The number of hydrogen-bond acceptors (Lipinski definition) is 5. The van der Waals surface area contributed by atoms with Crippen LogP contribution in [0.15, 0.2) is 23.1 Å². The highest BCUT2D eigenvalue weighted by Crippen LogP contribution is 2.23. The number of hydrogen-bond donors (Lipinski definition) is 2. The van der Waals surface area contributed by atoms with Crippen LogP contribution in [0.2, 0.25) is 0 Å². The van der Waals surface area contributed by atoms with Gasteiger partial charge < -0.3 is 15.4 Å². The minimum absolute atomic E-state index is 0.163. The van der Waals surface area contributed by atoms with Crippen molar-refractivity contribution < 1.29 is 22.7 Å². The molecule has 0 saturated carbocycles. The Morgan fingerprint density at radius 1 is 1.15 bits per heavy atom. The molecule has 2 amide bonds. The lowest BCUT2D eigenvalue weighted by Gasteiger charge is -2.27. The maximum absolute atomic E-state index is 13.0. The van der Waals surface area contributed by atoms with E-state index in [1.807, 2.05) is 6.92 Å². The lowest BCUT2D eigenvalue weighted by molar-refractivity contribution is -0.118. The summed E-state index contributed by atoms with van der Waals surface area (Å²) in [4.78, 5) is 23.3. The molecule has 2 rings (SSSR count). The molecular formula is C17H25N3O5S. The summed E-state index contributed by atoms with van der Waals surface area (Å²) in [5.41, 5.74) is 0.947. The van der Waals surface area contributed by atoms with Gasteiger partial charge in [0.2, 0.25) is 15.9 Å². The van der Waals surface area contributed by atoms with Gasteiger partial charge in [0, 0.05) is 38.7 Å². The molecular weight excluding hydrogens is 358 g/mol. The molecule has 1 fully saturated rings. The quantitative estimate of drug-likeness (QED) is 0.652. The Morgan fingerprint density at radius 2 is 1.81 bits per heavy atom. The number of morpholine rings is 1. The number of aryl methyl sites for hydroxylation is 1. The van der Waals surface area contributed by atoms with Gasteiger partial charge in [-0.25, -0.2) is 8.42 Å². The summed E-state index contributed by atoms with van der Waals surface area (Å²) < 4.78 is 32.5. The first-order valence-corrected chi connectivity index (χ1v) is 10.0. The fraction of sp³-hybridized carbons (Fsp3) is 0.529. The van der Waals surface area contributed by atoms with E-state index in [2.05, 4.69) is 10.6 Å². The van der Waals surface area contributed by atoms with Gasteiger partial charge >= 0.3 is 0 Å². The van der Waals surface area contributed by atoms with Gasteiger partial charge in [-0.05, 0) is 24.1 Å². The van der Waals surface area contributed by atoms with Crippen LogP contribution in [-0.4, -0.2) is 63.9 Å². The van der Waals surface area contributed by atoms with E-state index in [1.54, 1.807) is 12.1 Å². The Hall–Kier alpha value is -1.97. The average Bonchev–Trinajstić information content (AvgIpc) is 2.65. The second-order valence-corrected chi connectivity index (χ2v) is 7.84. The van der Waals surface area contributed by atoms with Gasteiger partial charge in [-0.1, -0.05) is 13.0 Å². The van der Waals surface area contributed by atoms with Crippen molar-refractivity contribution in [2.45, 2.75) is 25.2 Å². The van der Waals surface area contributed by atoms with Crippen molar-refractivity contribution in [2.75, 3.05) is 39.4 Å². The minimum Gasteiger partial charge on any atom is -0.379 e. The van der Waals surface area contributed by atoms with Crippen LogP contribution in [0.4, 0.5) is 0 Å². The summed E-state index contributed by atoms with van der Waals surface area (Å²) in [5.74, 6) is -0.554. The fourth-order valence-electron chi connectivity index (χ4n) is 2.67. The Bertz CT molecular complexity index is 758. The molecule has 1 aliphatic rings.